The highest BCUT2D eigenvalue weighted by Gasteiger charge is 2.22. The molecule has 7 heteroatoms. The van der Waals surface area contributed by atoms with Crippen LogP contribution in [0.3, 0.4) is 0 Å². The summed E-state index contributed by atoms with van der Waals surface area (Å²) in [4.78, 5) is 23.0. The SMILES string of the molecule is C=CCNc1ncnc2c1CCN(C(=O)COCC1CCCO1)CC2. The molecule has 1 saturated heterocycles. The minimum atomic E-state index is 0.0272. The van der Waals surface area contributed by atoms with Gasteiger partial charge < -0.3 is 19.7 Å². The lowest BCUT2D eigenvalue weighted by Gasteiger charge is -2.20. The lowest BCUT2D eigenvalue weighted by Crippen LogP contribution is -2.36. The van der Waals surface area contributed by atoms with Gasteiger partial charge in [0.1, 0.15) is 18.8 Å². The van der Waals surface area contributed by atoms with Crippen LogP contribution in [0.4, 0.5) is 5.82 Å². The van der Waals surface area contributed by atoms with E-state index >= 15 is 0 Å². The molecule has 0 spiro atoms. The first-order chi connectivity index (χ1) is 12.3. The van der Waals surface area contributed by atoms with Crippen molar-refractivity contribution in [3.63, 3.8) is 0 Å². The summed E-state index contributed by atoms with van der Waals surface area (Å²) in [6, 6.07) is 0. The van der Waals surface area contributed by atoms with Gasteiger partial charge in [0.15, 0.2) is 0 Å². The molecule has 0 radical (unpaired) electrons. The first kappa shape index (κ1) is 17.8. The maximum absolute atomic E-state index is 12.4. The van der Waals surface area contributed by atoms with Crippen molar-refractivity contribution in [2.24, 2.45) is 0 Å². The maximum Gasteiger partial charge on any atom is 0.248 e. The number of rotatable bonds is 7. The second-order valence-corrected chi connectivity index (χ2v) is 6.35. The van der Waals surface area contributed by atoms with E-state index in [2.05, 4.69) is 21.9 Å². The van der Waals surface area contributed by atoms with E-state index in [0.717, 1.165) is 49.4 Å². The number of nitrogens with one attached hydrogen (secondary N) is 1. The molecule has 0 bridgehead atoms. The topological polar surface area (TPSA) is 76.6 Å². The molecule has 1 aromatic heterocycles. The largest absolute Gasteiger partial charge is 0.376 e. The Morgan fingerprint density at radius 3 is 3.12 bits per heavy atom. The molecule has 136 valence electrons. The van der Waals surface area contributed by atoms with Crippen LogP contribution < -0.4 is 5.32 Å². The molecule has 1 fully saturated rings. The Bertz CT molecular complexity index is 602. The van der Waals surface area contributed by atoms with Crippen LogP contribution >= 0.6 is 0 Å². The van der Waals surface area contributed by atoms with E-state index in [1.54, 1.807) is 12.4 Å². The van der Waals surface area contributed by atoms with E-state index in [1.165, 1.54) is 0 Å². The Hall–Kier alpha value is -1.99. The molecule has 1 aromatic rings. The van der Waals surface area contributed by atoms with E-state index in [9.17, 15) is 4.79 Å². The van der Waals surface area contributed by atoms with Gasteiger partial charge in [0.2, 0.25) is 5.91 Å². The van der Waals surface area contributed by atoms with E-state index < -0.39 is 0 Å². The van der Waals surface area contributed by atoms with Crippen molar-refractivity contribution >= 4 is 11.7 Å². The number of aromatic nitrogens is 2. The maximum atomic E-state index is 12.4. The molecule has 2 aliphatic rings. The fourth-order valence-corrected chi connectivity index (χ4v) is 3.24. The number of hydrogen-bond acceptors (Lipinski definition) is 6. The van der Waals surface area contributed by atoms with E-state index in [1.807, 2.05) is 4.90 Å². The zero-order valence-corrected chi connectivity index (χ0v) is 14.6. The predicted molar refractivity (Wildman–Crippen MR) is 94.5 cm³/mol. The van der Waals surface area contributed by atoms with Gasteiger partial charge >= 0.3 is 0 Å². The predicted octanol–water partition coefficient (Wildman–Crippen LogP) is 1.20. The van der Waals surface area contributed by atoms with Gasteiger partial charge in [0.05, 0.1) is 18.4 Å². The van der Waals surface area contributed by atoms with E-state index in [4.69, 9.17) is 9.47 Å². The van der Waals surface area contributed by atoms with Gasteiger partial charge in [-0.2, -0.15) is 0 Å². The zero-order valence-electron chi connectivity index (χ0n) is 14.6. The van der Waals surface area contributed by atoms with Crippen LogP contribution in [-0.4, -0.2) is 66.3 Å². The summed E-state index contributed by atoms with van der Waals surface area (Å²) < 4.78 is 11.1. The van der Waals surface area contributed by atoms with Gasteiger partial charge in [-0.25, -0.2) is 9.97 Å². The van der Waals surface area contributed by atoms with Gasteiger partial charge in [0.25, 0.3) is 0 Å². The van der Waals surface area contributed by atoms with Crippen LogP contribution in [0.1, 0.15) is 24.1 Å². The van der Waals surface area contributed by atoms with Crippen LogP contribution in [0.25, 0.3) is 0 Å². The van der Waals surface area contributed by atoms with Crippen LogP contribution in [0, 0.1) is 0 Å². The fourth-order valence-electron chi connectivity index (χ4n) is 3.24. The molecule has 0 saturated carbocycles. The molecule has 1 amide bonds. The molecule has 3 rings (SSSR count). The summed E-state index contributed by atoms with van der Waals surface area (Å²) >= 11 is 0. The summed E-state index contributed by atoms with van der Waals surface area (Å²) in [5.74, 6) is 0.869. The van der Waals surface area contributed by atoms with Gasteiger partial charge in [-0.05, 0) is 19.3 Å². The third-order valence-electron chi connectivity index (χ3n) is 4.60. The highest BCUT2D eigenvalue weighted by atomic mass is 16.5. The smallest absolute Gasteiger partial charge is 0.248 e. The molecule has 1 unspecified atom stereocenters. The minimum absolute atomic E-state index is 0.0272. The number of nitrogens with zero attached hydrogens (tertiary/aromatic N) is 3. The Morgan fingerprint density at radius 1 is 1.44 bits per heavy atom. The van der Waals surface area contributed by atoms with Crippen LogP contribution in [-0.2, 0) is 27.1 Å². The second kappa shape index (κ2) is 8.92. The van der Waals surface area contributed by atoms with Gasteiger partial charge in [-0.1, -0.05) is 6.08 Å². The van der Waals surface area contributed by atoms with Crippen molar-refractivity contribution in [2.75, 3.05) is 44.8 Å². The summed E-state index contributed by atoms with van der Waals surface area (Å²) in [7, 11) is 0. The minimum Gasteiger partial charge on any atom is -0.376 e. The zero-order chi connectivity index (χ0) is 17.5. The van der Waals surface area contributed by atoms with Crippen molar-refractivity contribution in [3.05, 3.63) is 30.2 Å². The Balaban J connectivity index is 1.52. The highest BCUT2D eigenvalue weighted by molar-refractivity contribution is 5.77. The van der Waals surface area contributed by atoms with E-state index in [0.29, 0.717) is 26.2 Å². The van der Waals surface area contributed by atoms with Gasteiger partial charge in [-0.15, -0.1) is 6.58 Å². The van der Waals surface area contributed by atoms with Crippen molar-refractivity contribution < 1.29 is 14.3 Å². The van der Waals surface area contributed by atoms with Crippen LogP contribution in [0.2, 0.25) is 0 Å². The number of amides is 1. The summed E-state index contributed by atoms with van der Waals surface area (Å²) in [5.41, 5.74) is 2.11. The van der Waals surface area contributed by atoms with Crippen molar-refractivity contribution in [1.29, 1.82) is 0 Å². The Morgan fingerprint density at radius 2 is 2.32 bits per heavy atom. The molecule has 25 heavy (non-hydrogen) atoms. The van der Waals surface area contributed by atoms with Crippen LogP contribution in [0.15, 0.2) is 19.0 Å². The third-order valence-corrected chi connectivity index (χ3v) is 4.60. The van der Waals surface area contributed by atoms with Crippen molar-refractivity contribution in [1.82, 2.24) is 14.9 Å². The normalized spacial score (nSPS) is 20.0. The molecular formula is C18H26N4O3. The molecule has 2 aliphatic heterocycles. The first-order valence-electron chi connectivity index (χ1n) is 8.92. The highest BCUT2D eigenvalue weighted by Crippen LogP contribution is 2.20. The van der Waals surface area contributed by atoms with Crippen LogP contribution in [0.5, 0.6) is 0 Å². The van der Waals surface area contributed by atoms with Crippen molar-refractivity contribution in [3.8, 4) is 0 Å². The molecule has 3 heterocycles. The average Bonchev–Trinajstić information content (AvgIpc) is 3.04. The molecular weight excluding hydrogens is 320 g/mol. The molecule has 1 N–H and O–H groups in total. The summed E-state index contributed by atoms with van der Waals surface area (Å²) in [5, 5.41) is 3.25. The lowest BCUT2D eigenvalue weighted by molar-refractivity contribution is -0.137. The number of carbonyl (C=O) groups excluding carboxylic acids is 1. The molecule has 7 nitrogen and oxygen atoms in total. The number of ether oxygens (including phenoxy) is 2. The quantitative estimate of drug-likeness (QED) is 0.748. The second-order valence-electron chi connectivity index (χ2n) is 6.35. The molecule has 0 aromatic carbocycles. The summed E-state index contributed by atoms with van der Waals surface area (Å²) in [6.07, 6.45) is 7.10. The third kappa shape index (κ3) is 4.76. The number of hydrogen-bond donors (Lipinski definition) is 1. The fraction of sp³-hybridized carbons (Fsp3) is 0.611. The van der Waals surface area contributed by atoms with Gasteiger partial charge in [0, 0.05) is 38.2 Å². The number of fused-ring (bicyclic) bond motifs is 1. The monoisotopic (exact) mass is 346 g/mol. The Kier molecular flexibility index (Phi) is 6.36. The van der Waals surface area contributed by atoms with Gasteiger partial charge in [-0.3, -0.25) is 4.79 Å². The molecule has 1 atom stereocenters. The number of anilines is 1. The van der Waals surface area contributed by atoms with Crippen molar-refractivity contribution in [2.45, 2.75) is 31.8 Å². The standard InChI is InChI=1S/C18H26N4O3/c1-2-7-19-18-15-5-8-22(9-6-16(15)20-13-21-18)17(23)12-24-11-14-4-3-10-25-14/h2,13-14H,1,3-12H2,(H,19,20,21). The first-order valence-corrected chi connectivity index (χ1v) is 8.92. The lowest BCUT2D eigenvalue weighted by atomic mass is 10.1. The average molecular weight is 346 g/mol. The number of carbonyl (C=O) groups is 1. The molecule has 0 aliphatic carbocycles. The Labute approximate surface area is 148 Å². The summed E-state index contributed by atoms with van der Waals surface area (Å²) in [6.45, 7) is 7.11. The van der Waals surface area contributed by atoms with E-state index in [-0.39, 0.29) is 18.6 Å².